The van der Waals surface area contributed by atoms with Crippen LogP contribution in [-0.2, 0) is 15.6 Å². The largest absolute Gasteiger partial charge is 0.350 e. The van der Waals surface area contributed by atoms with Gasteiger partial charge in [0.1, 0.15) is 0 Å². The third kappa shape index (κ3) is 5.76. The van der Waals surface area contributed by atoms with Crippen molar-refractivity contribution >= 4 is 34.0 Å². The normalized spacial score (nSPS) is 16.9. The fraction of sp³-hybridized carbons (Fsp3) is 0.133. The number of hydrogen-bond acceptors (Lipinski definition) is 3. The predicted octanol–water partition coefficient (Wildman–Crippen LogP) is 15.6. The summed E-state index contributed by atoms with van der Waals surface area (Å²) in [6.45, 7) is 10.1. The fourth-order valence-corrected chi connectivity index (χ4v) is 11.0. The molecular formula is C60H48N2O. The van der Waals surface area contributed by atoms with E-state index in [0.717, 1.165) is 22.7 Å². The van der Waals surface area contributed by atoms with Crippen LogP contribution in [0.5, 0.6) is 0 Å². The summed E-state index contributed by atoms with van der Waals surface area (Å²) >= 11 is 0. The van der Waals surface area contributed by atoms with Crippen LogP contribution in [0.4, 0.5) is 28.4 Å². The van der Waals surface area contributed by atoms with Crippen molar-refractivity contribution in [2.75, 3.05) is 16.4 Å². The summed E-state index contributed by atoms with van der Waals surface area (Å²) in [5, 5.41) is 0. The van der Waals surface area contributed by atoms with Crippen LogP contribution in [0, 0.1) is 0 Å². The van der Waals surface area contributed by atoms with E-state index in [-0.39, 0.29) is 17.1 Å². The zero-order chi connectivity index (χ0) is 42.5. The molecule has 0 saturated heterocycles. The molecule has 304 valence electrons. The van der Waals surface area contributed by atoms with Gasteiger partial charge in [-0.05, 0) is 127 Å². The number of para-hydroxylation sites is 1. The van der Waals surface area contributed by atoms with Gasteiger partial charge in [0, 0.05) is 44.7 Å². The molecule has 2 aliphatic carbocycles. The molecular weight excluding hydrogens is 765 g/mol. The lowest BCUT2D eigenvalue weighted by atomic mass is 9.81. The first-order valence-corrected chi connectivity index (χ1v) is 22.2. The smallest absolute Gasteiger partial charge is 0.161 e. The Morgan fingerprint density at radius 3 is 1.86 bits per heavy atom. The van der Waals surface area contributed by atoms with Crippen molar-refractivity contribution in [2.24, 2.45) is 0 Å². The Kier molecular flexibility index (Phi) is 8.45. The standard InChI is InChI=1S/C60H48N2O/c1-59(2)52-23-12-11-20-47(52)48-32-30-44(37-54(48)59)61(45-31-33-50-55(38-45)60(3,4)53-24-15-22-46(57(50)53)40-16-7-5-8-17-40)43-28-25-39(26-29-43)41-27-34-56-51(36-41)49-21-13-14-35-63-58(49)62(56)42-18-9-6-10-19-42/h5-34,36-38,58H,35H2,1-4H3. The molecule has 8 aromatic carbocycles. The zero-order valence-corrected chi connectivity index (χ0v) is 36.1. The third-order valence-electron chi connectivity index (χ3n) is 14.2. The van der Waals surface area contributed by atoms with E-state index >= 15 is 0 Å². The molecule has 0 bridgehead atoms. The Balaban J connectivity index is 0.976. The molecule has 3 nitrogen and oxygen atoms in total. The minimum absolute atomic E-state index is 0.122. The van der Waals surface area contributed by atoms with Crippen LogP contribution < -0.4 is 9.80 Å². The maximum Gasteiger partial charge on any atom is 0.161 e. The fourth-order valence-electron chi connectivity index (χ4n) is 11.0. The van der Waals surface area contributed by atoms with Crippen molar-refractivity contribution in [1.29, 1.82) is 0 Å². The summed E-state index contributed by atoms with van der Waals surface area (Å²) in [5.41, 5.74) is 23.5. The van der Waals surface area contributed by atoms with Gasteiger partial charge in [0.05, 0.1) is 12.3 Å². The van der Waals surface area contributed by atoms with Crippen LogP contribution in [0.2, 0.25) is 0 Å². The van der Waals surface area contributed by atoms with Gasteiger partial charge in [-0.2, -0.15) is 0 Å². The number of rotatable bonds is 6. The van der Waals surface area contributed by atoms with Crippen molar-refractivity contribution in [1.82, 2.24) is 0 Å². The van der Waals surface area contributed by atoms with Crippen molar-refractivity contribution in [3.8, 4) is 44.5 Å². The molecule has 0 spiro atoms. The highest BCUT2D eigenvalue weighted by Gasteiger charge is 2.39. The Labute approximate surface area is 370 Å². The van der Waals surface area contributed by atoms with E-state index in [1.807, 2.05) is 0 Å². The van der Waals surface area contributed by atoms with Crippen molar-refractivity contribution in [3.05, 3.63) is 228 Å². The van der Waals surface area contributed by atoms with Crippen LogP contribution in [0.3, 0.4) is 0 Å². The number of hydrogen-bond donors (Lipinski definition) is 0. The van der Waals surface area contributed by atoms with Gasteiger partial charge in [-0.15, -0.1) is 0 Å². The minimum Gasteiger partial charge on any atom is -0.350 e. The second-order valence-electron chi connectivity index (χ2n) is 18.4. The molecule has 1 unspecified atom stereocenters. The SMILES string of the molecule is CC1(C)c2ccccc2-c2ccc(N(c3ccc(-c4ccc5c(c4)C4=CC=CCOC4N5c4ccccc4)cc3)c3ccc4c(c3)C(C)(C)c3cccc(-c5ccccc5)c3-4)cc21. The summed E-state index contributed by atoms with van der Waals surface area (Å²) in [5.74, 6) is 0. The molecule has 4 aliphatic rings. The first-order valence-electron chi connectivity index (χ1n) is 22.2. The van der Waals surface area contributed by atoms with Crippen molar-refractivity contribution < 1.29 is 4.74 Å². The van der Waals surface area contributed by atoms with E-state index in [4.69, 9.17) is 4.74 Å². The number of ether oxygens (including phenoxy) is 1. The highest BCUT2D eigenvalue weighted by Crippen LogP contribution is 2.55. The van der Waals surface area contributed by atoms with E-state index in [1.165, 1.54) is 83.6 Å². The maximum atomic E-state index is 6.46. The number of nitrogens with zero attached hydrogens (tertiary/aromatic N) is 2. The van der Waals surface area contributed by atoms with Crippen LogP contribution in [0.15, 0.2) is 200 Å². The topological polar surface area (TPSA) is 15.7 Å². The summed E-state index contributed by atoms with van der Waals surface area (Å²) in [7, 11) is 0. The van der Waals surface area contributed by atoms with Gasteiger partial charge in [0.25, 0.3) is 0 Å². The Hall–Kier alpha value is -7.20. The number of fused-ring (bicyclic) bond motifs is 9. The van der Waals surface area contributed by atoms with Gasteiger partial charge >= 0.3 is 0 Å². The lowest BCUT2D eigenvalue weighted by molar-refractivity contribution is 0.125. The van der Waals surface area contributed by atoms with E-state index in [9.17, 15) is 0 Å². The lowest BCUT2D eigenvalue weighted by Crippen LogP contribution is -2.29. The Morgan fingerprint density at radius 2 is 1.08 bits per heavy atom. The molecule has 1 atom stereocenters. The molecule has 0 saturated carbocycles. The summed E-state index contributed by atoms with van der Waals surface area (Å²) < 4.78 is 6.46. The zero-order valence-electron chi connectivity index (χ0n) is 36.1. The molecule has 0 radical (unpaired) electrons. The molecule has 2 aliphatic heterocycles. The lowest BCUT2D eigenvalue weighted by Gasteiger charge is -2.30. The van der Waals surface area contributed by atoms with Crippen LogP contribution >= 0.6 is 0 Å². The molecule has 0 N–H and O–H groups in total. The molecule has 0 fully saturated rings. The molecule has 63 heavy (non-hydrogen) atoms. The average molecular weight is 813 g/mol. The monoisotopic (exact) mass is 812 g/mol. The van der Waals surface area contributed by atoms with Gasteiger partial charge in [0.2, 0.25) is 0 Å². The first kappa shape index (κ1) is 37.6. The van der Waals surface area contributed by atoms with E-state index < -0.39 is 0 Å². The summed E-state index contributed by atoms with van der Waals surface area (Å²) in [4.78, 5) is 4.79. The average Bonchev–Trinajstić information content (AvgIpc) is 3.73. The molecule has 3 heteroatoms. The second-order valence-corrected chi connectivity index (χ2v) is 18.4. The van der Waals surface area contributed by atoms with Crippen LogP contribution in [0.25, 0.3) is 50.1 Å². The number of benzene rings is 8. The number of allylic oxidation sites excluding steroid dienone is 2. The molecule has 2 heterocycles. The van der Waals surface area contributed by atoms with Gasteiger partial charge in [-0.1, -0.05) is 167 Å². The molecule has 12 rings (SSSR count). The van der Waals surface area contributed by atoms with Crippen LogP contribution in [0.1, 0.15) is 55.5 Å². The summed E-state index contributed by atoms with van der Waals surface area (Å²) in [6, 6.07) is 67.4. The van der Waals surface area contributed by atoms with E-state index in [2.05, 4.69) is 238 Å². The first-order chi connectivity index (χ1) is 30.8. The Bertz CT molecular complexity index is 3170. The maximum absolute atomic E-state index is 6.46. The van der Waals surface area contributed by atoms with E-state index in [0.29, 0.717) is 6.61 Å². The highest BCUT2D eigenvalue weighted by atomic mass is 16.5. The molecule has 0 aromatic heterocycles. The molecule has 0 amide bonds. The van der Waals surface area contributed by atoms with Gasteiger partial charge in [-0.3, -0.25) is 0 Å². The Morgan fingerprint density at radius 1 is 0.476 bits per heavy atom. The van der Waals surface area contributed by atoms with Gasteiger partial charge in [-0.25, -0.2) is 0 Å². The highest BCUT2D eigenvalue weighted by molar-refractivity contribution is 5.96. The van der Waals surface area contributed by atoms with Gasteiger partial charge in [0.15, 0.2) is 6.23 Å². The quantitative estimate of drug-likeness (QED) is 0.166. The van der Waals surface area contributed by atoms with Crippen LogP contribution in [-0.4, -0.2) is 12.8 Å². The minimum atomic E-state index is -0.182. The molecule has 8 aromatic rings. The third-order valence-corrected chi connectivity index (χ3v) is 14.2. The van der Waals surface area contributed by atoms with Crippen molar-refractivity contribution in [2.45, 2.75) is 44.8 Å². The second kappa shape index (κ2) is 14.2. The van der Waals surface area contributed by atoms with Crippen molar-refractivity contribution in [3.63, 3.8) is 0 Å². The summed E-state index contributed by atoms with van der Waals surface area (Å²) in [6.07, 6.45) is 6.26. The van der Waals surface area contributed by atoms with E-state index in [1.54, 1.807) is 0 Å². The number of anilines is 5. The van der Waals surface area contributed by atoms with Gasteiger partial charge < -0.3 is 14.5 Å². The predicted molar refractivity (Wildman–Crippen MR) is 263 cm³/mol.